The molecule has 6 rings (SSSR count). The summed E-state index contributed by atoms with van der Waals surface area (Å²) in [7, 11) is 1.70. The zero-order chi connectivity index (χ0) is 24.6. The van der Waals surface area contributed by atoms with Crippen molar-refractivity contribution >= 4 is 23.2 Å². The Morgan fingerprint density at radius 1 is 1.08 bits per heavy atom. The fourth-order valence-corrected chi connectivity index (χ4v) is 5.15. The summed E-state index contributed by atoms with van der Waals surface area (Å²) in [5.41, 5.74) is 2.90. The van der Waals surface area contributed by atoms with Crippen LogP contribution in [0.2, 0.25) is 0 Å². The van der Waals surface area contributed by atoms with Gasteiger partial charge in [0.15, 0.2) is 5.69 Å². The molecule has 1 N–H and O–H groups in total. The number of carbonyl (C=O) groups excluding carboxylic acids is 2. The second kappa shape index (κ2) is 9.31. The SMILES string of the molecule is CN1C(=O)C(NC(=O)c2cc(Cc3ccccc3)on2)COc2ccc(N3CC4CCC(C3)O4)cc21. The van der Waals surface area contributed by atoms with Crippen molar-refractivity contribution in [3.63, 3.8) is 0 Å². The number of ether oxygens (including phenoxy) is 2. The molecule has 3 atom stereocenters. The van der Waals surface area contributed by atoms with Gasteiger partial charge in [0.1, 0.15) is 24.2 Å². The van der Waals surface area contributed by atoms with E-state index in [1.54, 1.807) is 18.0 Å². The maximum atomic E-state index is 13.3. The number of nitrogens with one attached hydrogen (secondary N) is 1. The first-order chi connectivity index (χ1) is 17.5. The van der Waals surface area contributed by atoms with Gasteiger partial charge in [-0.25, -0.2) is 0 Å². The Hall–Kier alpha value is -3.85. The second-order valence-corrected chi connectivity index (χ2v) is 9.59. The topological polar surface area (TPSA) is 97.1 Å². The predicted octanol–water partition coefficient (Wildman–Crippen LogP) is 2.79. The predicted molar refractivity (Wildman–Crippen MR) is 132 cm³/mol. The lowest BCUT2D eigenvalue weighted by atomic mass is 10.1. The van der Waals surface area contributed by atoms with E-state index in [2.05, 4.69) is 15.4 Å². The van der Waals surface area contributed by atoms with Crippen molar-refractivity contribution in [2.75, 3.05) is 36.5 Å². The Bertz CT molecular complexity index is 1260. The van der Waals surface area contributed by atoms with Crippen molar-refractivity contribution in [3.8, 4) is 5.75 Å². The average Bonchev–Trinajstić information content (AvgIpc) is 3.48. The molecular weight excluding hydrogens is 460 g/mol. The van der Waals surface area contributed by atoms with E-state index >= 15 is 0 Å². The summed E-state index contributed by atoms with van der Waals surface area (Å²) in [6, 6.07) is 16.4. The largest absolute Gasteiger partial charge is 0.489 e. The number of rotatable bonds is 5. The van der Waals surface area contributed by atoms with Gasteiger partial charge in [-0.05, 0) is 36.6 Å². The first-order valence-electron chi connectivity index (χ1n) is 12.3. The molecule has 3 aromatic rings. The van der Waals surface area contributed by atoms with Crippen molar-refractivity contribution in [1.29, 1.82) is 0 Å². The van der Waals surface area contributed by atoms with Crippen molar-refractivity contribution in [2.24, 2.45) is 0 Å². The van der Waals surface area contributed by atoms with E-state index in [1.165, 1.54) is 0 Å². The summed E-state index contributed by atoms with van der Waals surface area (Å²) in [5.74, 6) is 0.440. The van der Waals surface area contributed by atoms with Crippen LogP contribution in [-0.2, 0) is 16.0 Å². The highest BCUT2D eigenvalue weighted by Crippen LogP contribution is 2.37. The van der Waals surface area contributed by atoms with Gasteiger partial charge in [0.05, 0.1) is 17.9 Å². The number of morpholine rings is 1. The van der Waals surface area contributed by atoms with Crippen LogP contribution in [0.5, 0.6) is 5.75 Å². The van der Waals surface area contributed by atoms with E-state index in [0.717, 1.165) is 37.2 Å². The first-order valence-corrected chi connectivity index (χ1v) is 12.3. The minimum atomic E-state index is -0.855. The van der Waals surface area contributed by atoms with Gasteiger partial charge < -0.3 is 29.1 Å². The number of aromatic nitrogens is 1. The lowest BCUT2D eigenvalue weighted by Gasteiger charge is -2.34. The highest BCUT2D eigenvalue weighted by atomic mass is 16.5. The molecule has 0 radical (unpaired) electrons. The summed E-state index contributed by atoms with van der Waals surface area (Å²) in [4.78, 5) is 30.0. The fourth-order valence-electron chi connectivity index (χ4n) is 5.15. The number of carbonyl (C=O) groups is 2. The lowest BCUT2D eigenvalue weighted by Crippen LogP contribution is -2.49. The van der Waals surface area contributed by atoms with Crippen LogP contribution in [0.15, 0.2) is 59.1 Å². The number of fused-ring (bicyclic) bond motifs is 3. The summed E-state index contributed by atoms with van der Waals surface area (Å²) in [6.07, 6.45) is 3.24. The van der Waals surface area contributed by atoms with Gasteiger partial charge in [0, 0.05) is 38.3 Å². The molecule has 3 aliphatic rings. The maximum Gasteiger partial charge on any atom is 0.274 e. The van der Waals surface area contributed by atoms with Crippen molar-refractivity contribution in [2.45, 2.75) is 37.5 Å². The number of amides is 2. The lowest BCUT2D eigenvalue weighted by molar-refractivity contribution is -0.120. The third-order valence-corrected chi connectivity index (χ3v) is 7.06. The Kier molecular flexibility index (Phi) is 5.85. The van der Waals surface area contributed by atoms with Crippen LogP contribution < -0.4 is 19.9 Å². The van der Waals surface area contributed by atoms with Crippen molar-refractivity contribution in [3.05, 3.63) is 71.6 Å². The molecule has 2 fully saturated rings. The van der Waals surface area contributed by atoms with Gasteiger partial charge in [0.25, 0.3) is 11.8 Å². The molecule has 4 heterocycles. The molecule has 9 nitrogen and oxygen atoms in total. The summed E-state index contributed by atoms with van der Waals surface area (Å²) in [6.45, 7) is 1.71. The van der Waals surface area contributed by atoms with Gasteiger partial charge in [0.2, 0.25) is 0 Å². The smallest absolute Gasteiger partial charge is 0.274 e. The quantitative estimate of drug-likeness (QED) is 0.590. The maximum absolute atomic E-state index is 13.3. The van der Waals surface area contributed by atoms with Crippen LogP contribution in [0.25, 0.3) is 0 Å². The van der Waals surface area contributed by atoms with Crippen LogP contribution in [0.1, 0.15) is 34.7 Å². The minimum absolute atomic E-state index is 0.0255. The monoisotopic (exact) mass is 488 g/mol. The molecule has 2 saturated heterocycles. The Balaban J connectivity index is 1.14. The molecule has 3 aliphatic heterocycles. The van der Waals surface area contributed by atoms with E-state index in [0.29, 0.717) is 23.6 Å². The van der Waals surface area contributed by atoms with Crippen LogP contribution >= 0.6 is 0 Å². The number of anilines is 2. The number of benzene rings is 2. The zero-order valence-corrected chi connectivity index (χ0v) is 20.1. The molecule has 0 spiro atoms. The number of likely N-dealkylation sites (N-methyl/N-ethyl adjacent to an activating group) is 1. The molecule has 0 saturated carbocycles. The average molecular weight is 489 g/mol. The highest BCUT2D eigenvalue weighted by molar-refractivity contribution is 6.03. The van der Waals surface area contributed by atoms with Crippen LogP contribution in [0.3, 0.4) is 0 Å². The Labute approximate surface area is 208 Å². The van der Waals surface area contributed by atoms with E-state index in [4.69, 9.17) is 14.0 Å². The van der Waals surface area contributed by atoms with E-state index < -0.39 is 11.9 Å². The standard InChI is InChI=1S/C27H28N4O5/c1-30-24-12-18(31-14-19-8-9-20(15-31)35-19)7-10-25(24)34-16-23(27(30)33)28-26(32)22-13-21(36-29-22)11-17-5-3-2-4-6-17/h2-7,10,12-13,19-20,23H,8-9,11,14-16H2,1H3,(H,28,32). The van der Waals surface area contributed by atoms with Crippen molar-refractivity contribution < 1.29 is 23.6 Å². The van der Waals surface area contributed by atoms with E-state index in [1.807, 2.05) is 48.5 Å². The number of hydrogen-bond acceptors (Lipinski definition) is 7. The molecule has 3 unspecified atom stereocenters. The Morgan fingerprint density at radius 3 is 2.64 bits per heavy atom. The molecule has 2 amide bonds. The first kappa shape index (κ1) is 22.6. The van der Waals surface area contributed by atoms with Crippen molar-refractivity contribution in [1.82, 2.24) is 10.5 Å². The number of nitrogens with zero attached hydrogens (tertiary/aromatic N) is 3. The fraction of sp³-hybridized carbons (Fsp3) is 0.370. The van der Waals surface area contributed by atoms with Gasteiger partial charge in [-0.2, -0.15) is 0 Å². The summed E-state index contributed by atoms with van der Waals surface area (Å²) < 4.78 is 17.3. The van der Waals surface area contributed by atoms with Crippen LogP contribution in [0.4, 0.5) is 11.4 Å². The van der Waals surface area contributed by atoms with E-state index in [-0.39, 0.29) is 30.4 Å². The van der Waals surface area contributed by atoms with Gasteiger partial charge in [-0.15, -0.1) is 0 Å². The molecule has 186 valence electrons. The Morgan fingerprint density at radius 2 is 1.86 bits per heavy atom. The molecular formula is C27H28N4O5. The summed E-state index contributed by atoms with van der Waals surface area (Å²) in [5, 5.41) is 6.66. The third kappa shape index (κ3) is 4.42. The van der Waals surface area contributed by atoms with Crippen LogP contribution in [0, 0.1) is 0 Å². The second-order valence-electron chi connectivity index (χ2n) is 9.59. The summed E-state index contributed by atoms with van der Waals surface area (Å²) >= 11 is 0. The van der Waals surface area contributed by atoms with Gasteiger partial charge >= 0.3 is 0 Å². The minimum Gasteiger partial charge on any atom is -0.489 e. The molecule has 0 aliphatic carbocycles. The molecule has 36 heavy (non-hydrogen) atoms. The zero-order valence-electron chi connectivity index (χ0n) is 20.1. The molecule has 2 bridgehead atoms. The van der Waals surface area contributed by atoms with Crippen LogP contribution in [-0.4, -0.2) is 62.0 Å². The van der Waals surface area contributed by atoms with E-state index in [9.17, 15) is 9.59 Å². The third-order valence-electron chi connectivity index (χ3n) is 7.06. The normalized spacial score (nSPS) is 23.1. The molecule has 2 aromatic carbocycles. The van der Waals surface area contributed by atoms with Gasteiger partial charge in [-0.3, -0.25) is 9.59 Å². The molecule has 1 aromatic heterocycles. The number of hydrogen-bond donors (Lipinski definition) is 1. The van der Waals surface area contributed by atoms with Gasteiger partial charge in [-0.1, -0.05) is 35.5 Å². The molecule has 9 heteroatoms. The highest BCUT2D eigenvalue weighted by Gasteiger charge is 2.35.